The van der Waals surface area contributed by atoms with Gasteiger partial charge in [0.1, 0.15) is 0 Å². The zero-order valence-electron chi connectivity index (χ0n) is 8.06. The molecule has 0 fully saturated rings. The maximum Gasteiger partial charge on any atom is 0.0217 e. The molecule has 12 heavy (non-hydrogen) atoms. The van der Waals surface area contributed by atoms with Crippen LogP contribution in [0.25, 0.3) is 6.08 Å². The Hall–Kier alpha value is -0.560. The van der Waals surface area contributed by atoms with Crippen molar-refractivity contribution in [2.75, 3.05) is 0 Å². The molecule has 1 aromatic heterocycles. The molecular weight excluding hydrogens is 164 g/mol. The molecule has 0 amide bonds. The number of rotatable bonds is 0. The number of thiophene rings is 1. The van der Waals surface area contributed by atoms with Gasteiger partial charge in [-0.2, -0.15) is 0 Å². The van der Waals surface area contributed by atoms with Gasteiger partial charge in [0.2, 0.25) is 0 Å². The number of fused-ring (bicyclic) bond motifs is 1. The third kappa shape index (κ3) is 0.893. The third-order valence-corrected chi connectivity index (χ3v) is 4.20. The molecule has 1 aliphatic rings. The van der Waals surface area contributed by atoms with Gasteiger partial charge in [-0.05, 0) is 25.5 Å². The minimum atomic E-state index is 0.286. The Morgan fingerprint density at radius 2 is 1.92 bits per heavy atom. The minimum absolute atomic E-state index is 0.286. The zero-order valence-corrected chi connectivity index (χ0v) is 8.88. The summed E-state index contributed by atoms with van der Waals surface area (Å²) in [6.07, 6.45) is 2.32. The van der Waals surface area contributed by atoms with Crippen molar-refractivity contribution in [3.63, 3.8) is 0 Å². The highest BCUT2D eigenvalue weighted by Crippen LogP contribution is 2.45. The van der Waals surface area contributed by atoms with Gasteiger partial charge in [-0.3, -0.25) is 0 Å². The maximum atomic E-state index is 2.32. The standard InChI is InChI=1S/C11H14S/c1-7-5-9-6-8(2)12-10(9)11(7,3)4/h5-6H,1-4H3. The minimum Gasteiger partial charge on any atom is -0.144 e. The average molecular weight is 178 g/mol. The monoisotopic (exact) mass is 178 g/mol. The van der Waals surface area contributed by atoms with Crippen molar-refractivity contribution < 1.29 is 0 Å². The van der Waals surface area contributed by atoms with Crippen molar-refractivity contribution >= 4 is 17.4 Å². The fourth-order valence-corrected chi connectivity index (χ4v) is 2.88. The van der Waals surface area contributed by atoms with Crippen LogP contribution in [-0.4, -0.2) is 0 Å². The summed E-state index contributed by atoms with van der Waals surface area (Å²) in [5.74, 6) is 0. The van der Waals surface area contributed by atoms with Gasteiger partial charge in [0.25, 0.3) is 0 Å². The summed E-state index contributed by atoms with van der Waals surface area (Å²) in [4.78, 5) is 2.97. The highest BCUT2D eigenvalue weighted by Gasteiger charge is 2.31. The van der Waals surface area contributed by atoms with E-state index >= 15 is 0 Å². The summed E-state index contributed by atoms with van der Waals surface area (Å²) >= 11 is 1.94. The summed E-state index contributed by atoms with van der Waals surface area (Å²) in [6.45, 7) is 9.02. The lowest BCUT2D eigenvalue weighted by atomic mass is 9.88. The summed E-state index contributed by atoms with van der Waals surface area (Å²) < 4.78 is 0. The quantitative estimate of drug-likeness (QED) is 0.567. The van der Waals surface area contributed by atoms with Crippen molar-refractivity contribution in [3.05, 3.63) is 27.0 Å². The van der Waals surface area contributed by atoms with Crippen molar-refractivity contribution in [2.24, 2.45) is 0 Å². The average Bonchev–Trinajstić information content (AvgIpc) is 2.38. The van der Waals surface area contributed by atoms with Gasteiger partial charge in [0, 0.05) is 15.2 Å². The fourth-order valence-electron chi connectivity index (χ4n) is 1.72. The molecule has 0 N–H and O–H groups in total. The van der Waals surface area contributed by atoms with E-state index in [1.54, 1.807) is 0 Å². The molecule has 0 atom stereocenters. The maximum absolute atomic E-state index is 2.32. The van der Waals surface area contributed by atoms with Crippen LogP contribution in [0, 0.1) is 6.92 Å². The van der Waals surface area contributed by atoms with E-state index in [2.05, 4.69) is 39.8 Å². The van der Waals surface area contributed by atoms with E-state index in [-0.39, 0.29) is 5.41 Å². The van der Waals surface area contributed by atoms with E-state index in [4.69, 9.17) is 0 Å². The van der Waals surface area contributed by atoms with Crippen molar-refractivity contribution in [1.82, 2.24) is 0 Å². The predicted molar refractivity (Wildman–Crippen MR) is 55.7 cm³/mol. The van der Waals surface area contributed by atoms with Crippen LogP contribution in [0.15, 0.2) is 11.6 Å². The number of hydrogen-bond acceptors (Lipinski definition) is 1. The van der Waals surface area contributed by atoms with Crippen LogP contribution in [0.1, 0.15) is 36.1 Å². The highest BCUT2D eigenvalue weighted by atomic mass is 32.1. The van der Waals surface area contributed by atoms with E-state index in [1.165, 1.54) is 20.9 Å². The van der Waals surface area contributed by atoms with Crippen LogP contribution < -0.4 is 0 Å². The Bertz CT molecular complexity index is 353. The van der Waals surface area contributed by atoms with Gasteiger partial charge in [-0.25, -0.2) is 0 Å². The van der Waals surface area contributed by atoms with Crippen LogP contribution in [0.4, 0.5) is 0 Å². The van der Waals surface area contributed by atoms with E-state index in [0.29, 0.717) is 0 Å². The molecule has 0 spiro atoms. The Kier molecular flexibility index (Phi) is 1.50. The second-order valence-corrected chi connectivity index (χ2v) is 5.35. The Morgan fingerprint density at radius 3 is 2.50 bits per heavy atom. The second-order valence-electron chi connectivity index (χ2n) is 4.09. The van der Waals surface area contributed by atoms with Crippen LogP contribution in [0.2, 0.25) is 0 Å². The summed E-state index contributed by atoms with van der Waals surface area (Å²) in [5.41, 5.74) is 3.22. The van der Waals surface area contributed by atoms with Gasteiger partial charge in [0.05, 0.1) is 0 Å². The third-order valence-electron chi connectivity index (χ3n) is 2.81. The highest BCUT2D eigenvalue weighted by molar-refractivity contribution is 7.12. The second kappa shape index (κ2) is 2.23. The van der Waals surface area contributed by atoms with Gasteiger partial charge >= 0.3 is 0 Å². The zero-order chi connectivity index (χ0) is 8.93. The topological polar surface area (TPSA) is 0 Å². The lowest BCUT2D eigenvalue weighted by Crippen LogP contribution is -2.13. The lowest BCUT2D eigenvalue weighted by Gasteiger charge is -2.19. The number of hydrogen-bond donors (Lipinski definition) is 0. The summed E-state index contributed by atoms with van der Waals surface area (Å²) in [7, 11) is 0. The first-order valence-corrected chi connectivity index (χ1v) is 5.13. The normalized spacial score (nSPS) is 19.2. The molecule has 1 heteroatoms. The molecular formula is C11H14S. The van der Waals surface area contributed by atoms with Gasteiger partial charge in [-0.15, -0.1) is 11.3 Å². The van der Waals surface area contributed by atoms with Gasteiger partial charge in [-0.1, -0.05) is 25.5 Å². The SMILES string of the molecule is CC1=Cc2cc(C)sc2C1(C)C. The molecule has 0 saturated heterocycles. The van der Waals surface area contributed by atoms with Gasteiger partial charge < -0.3 is 0 Å². The van der Waals surface area contributed by atoms with Gasteiger partial charge in [0.15, 0.2) is 0 Å². The fraction of sp³-hybridized carbons (Fsp3) is 0.455. The molecule has 0 unspecified atom stereocenters. The first kappa shape index (κ1) is 8.06. The largest absolute Gasteiger partial charge is 0.144 e. The van der Waals surface area contributed by atoms with Crippen LogP contribution in [-0.2, 0) is 5.41 Å². The summed E-state index contributed by atoms with van der Waals surface area (Å²) in [5, 5.41) is 0. The van der Waals surface area contributed by atoms with Crippen molar-refractivity contribution in [1.29, 1.82) is 0 Å². The molecule has 0 aliphatic heterocycles. The molecule has 1 aromatic rings. The molecule has 0 nitrogen and oxygen atoms in total. The Morgan fingerprint density at radius 1 is 1.25 bits per heavy atom. The molecule has 1 aliphatic carbocycles. The van der Waals surface area contributed by atoms with Crippen molar-refractivity contribution in [2.45, 2.75) is 33.1 Å². The van der Waals surface area contributed by atoms with E-state index in [9.17, 15) is 0 Å². The van der Waals surface area contributed by atoms with E-state index in [1.807, 2.05) is 11.3 Å². The first-order chi connectivity index (χ1) is 5.51. The first-order valence-electron chi connectivity index (χ1n) is 4.31. The van der Waals surface area contributed by atoms with Crippen molar-refractivity contribution in [3.8, 4) is 0 Å². The molecule has 0 bridgehead atoms. The number of allylic oxidation sites excluding steroid dienone is 1. The van der Waals surface area contributed by atoms with Crippen LogP contribution in [0.5, 0.6) is 0 Å². The molecule has 0 radical (unpaired) electrons. The Balaban J connectivity index is 2.64. The lowest BCUT2D eigenvalue weighted by molar-refractivity contribution is 0.653. The number of aryl methyl sites for hydroxylation is 1. The van der Waals surface area contributed by atoms with E-state index < -0.39 is 0 Å². The van der Waals surface area contributed by atoms with Crippen LogP contribution in [0.3, 0.4) is 0 Å². The predicted octanol–water partition coefficient (Wildman–Crippen LogP) is 3.75. The molecule has 0 aromatic carbocycles. The molecule has 0 saturated carbocycles. The van der Waals surface area contributed by atoms with Crippen LogP contribution >= 0.6 is 11.3 Å². The summed E-state index contributed by atoms with van der Waals surface area (Å²) in [6, 6.07) is 2.29. The molecule has 1 heterocycles. The molecule has 64 valence electrons. The van der Waals surface area contributed by atoms with E-state index in [0.717, 1.165) is 0 Å². The Labute approximate surface area is 77.9 Å². The molecule has 2 rings (SSSR count). The smallest absolute Gasteiger partial charge is 0.0217 e.